The molecule has 0 radical (unpaired) electrons. The van der Waals surface area contributed by atoms with E-state index in [4.69, 9.17) is 9.63 Å². The van der Waals surface area contributed by atoms with E-state index >= 15 is 0 Å². The second-order valence-corrected chi connectivity index (χ2v) is 5.52. The molecule has 10 nitrogen and oxygen atoms in total. The molecule has 0 fully saturated rings. The van der Waals surface area contributed by atoms with E-state index in [9.17, 15) is 14.4 Å². The fourth-order valence-corrected chi connectivity index (χ4v) is 2.39. The summed E-state index contributed by atoms with van der Waals surface area (Å²) in [4.78, 5) is 34.0. The van der Waals surface area contributed by atoms with E-state index < -0.39 is 11.6 Å². The predicted octanol–water partition coefficient (Wildman–Crippen LogP) is 0.789. The number of hydrogen-bond acceptors (Lipinski definition) is 6. The summed E-state index contributed by atoms with van der Waals surface area (Å²) in [5.41, 5.74) is 1.29. The van der Waals surface area contributed by atoms with Crippen LogP contribution < -0.4 is 10.9 Å². The van der Waals surface area contributed by atoms with Crippen molar-refractivity contribution in [3.8, 4) is 16.8 Å². The molecular formula is C16H15N5O5. The van der Waals surface area contributed by atoms with Crippen molar-refractivity contribution in [3.63, 3.8) is 0 Å². The molecule has 0 aliphatic carbocycles. The van der Waals surface area contributed by atoms with Gasteiger partial charge in [0, 0.05) is 6.92 Å². The second-order valence-electron chi connectivity index (χ2n) is 5.52. The molecule has 134 valence electrons. The third-order valence-electron chi connectivity index (χ3n) is 3.70. The molecule has 1 aromatic carbocycles. The first-order valence-electron chi connectivity index (χ1n) is 7.58. The first-order chi connectivity index (χ1) is 12.4. The number of rotatable bonds is 5. The van der Waals surface area contributed by atoms with Gasteiger partial charge in [0.25, 0.3) is 0 Å². The van der Waals surface area contributed by atoms with Crippen LogP contribution in [0.5, 0.6) is 0 Å². The molecule has 2 heterocycles. The lowest BCUT2D eigenvalue weighted by Gasteiger charge is -2.04. The molecule has 26 heavy (non-hydrogen) atoms. The van der Waals surface area contributed by atoms with Crippen LogP contribution in [0, 0.1) is 6.92 Å². The smallest absolute Gasteiger partial charge is 0.365 e. The Kier molecular flexibility index (Phi) is 4.40. The minimum absolute atomic E-state index is 0.0543. The van der Waals surface area contributed by atoms with Crippen molar-refractivity contribution in [3.05, 3.63) is 52.3 Å². The van der Waals surface area contributed by atoms with Gasteiger partial charge in [-0.1, -0.05) is 17.3 Å². The van der Waals surface area contributed by atoms with Crippen molar-refractivity contribution < 1.29 is 19.2 Å². The van der Waals surface area contributed by atoms with Gasteiger partial charge in [-0.2, -0.15) is 4.74 Å². The zero-order valence-corrected chi connectivity index (χ0v) is 14.0. The molecule has 1 amide bonds. The molecule has 0 atom stereocenters. The number of aromatic carboxylic acids is 1. The van der Waals surface area contributed by atoms with Crippen molar-refractivity contribution in [2.75, 3.05) is 0 Å². The Morgan fingerprint density at radius 3 is 2.54 bits per heavy atom. The van der Waals surface area contributed by atoms with E-state index in [1.54, 1.807) is 31.2 Å². The van der Waals surface area contributed by atoms with Gasteiger partial charge in [-0.15, -0.1) is 5.10 Å². The highest BCUT2D eigenvalue weighted by atomic mass is 16.5. The van der Waals surface area contributed by atoms with Crippen LogP contribution in [-0.2, 0) is 11.5 Å². The van der Waals surface area contributed by atoms with Gasteiger partial charge < -0.3 is 14.9 Å². The number of carboxylic acid groups (broad SMARTS) is 1. The zero-order valence-electron chi connectivity index (χ0n) is 14.0. The van der Waals surface area contributed by atoms with Crippen LogP contribution in [0.3, 0.4) is 0 Å². The molecule has 0 aliphatic heterocycles. The highest BCUT2D eigenvalue weighted by Crippen LogP contribution is 2.19. The second kappa shape index (κ2) is 6.67. The standard InChI is InChI=1S/C16H15N5O5/c1-9-14(15(23)24)18-19-21(9)12-5-3-11(4-6-12)13-7-20(26-16(13)25)8-17-10(2)22/h3-7H,8H2,1-2H3,(H,17,22)(H,23,24). The third-order valence-corrected chi connectivity index (χ3v) is 3.70. The summed E-state index contributed by atoms with van der Waals surface area (Å²) in [6.45, 7) is 3.02. The maximum absolute atomic E-state index is 12.0. The minimum Gasteiger partial charge on any atom is -0.476 e. The highest BCUT2D eigenvalue weighted by Gasteiger charge is 2.16. The van der Waals surface area contributed by atoms with Gasteiger partial charge in [-0.3, -0.25) is 4.79 Å². The Hall–Kier alpha value is -3.69. The third kappa shape index (κ3) is 3.24. The summed E-state index contributed by atoms with van der Waals surface area (Å²) in [5.74, 6) is -1.39. The number of carbonyl (C=O) groups excluding carboxylic acids is 1. The number of nitrogens with zero attached hydrogens (tertiary/aromatic N) is 4. The average Bonchev–Trinajstić information content (AvgIpc) is 3.16. The summed E-state index contributed by atoms with van der Waals surface area (Å²) in [6.07, 6.45) is 1.50. The minimum atomic E-state index is -1.15. The van der Waals surface area contributed by atoms with Gasteiger partial charge in [0.2, 0.25) is 5.91 Å². The lowest BCUT2D eigenvalue weighted by molar-refractivity contribution is -0.119. The molecule has 2 N–H and O–H groups in total. The number of amides is 1. The normalized spacial score (nSPS) is 10.7. The summed E-state index contributed by atoms with van der Waals surface area (Å²) in [7, 11) is 0. The number of hydrogen-bond donors (Lipinski definition) is 2. The Balaban J connectivity index is 1.87. The lowest BCUT2D eigenvalue weighted by Crippen LogP contribution is -2.22. The Labute approximate surface area is 146 Å². The molecule has 0 aliphatic rings. The first-order valence-corrected chi connectivity index (χ1v) is 7.58. The van der Waals surface area contributed by atoms with Crippen LogP contribution >= 0.6 is 0 Å². The highest BCUT2D eigenvalue weighted by molar-refractivity contribution is 5.86. The number of aromatic nitrogens is 4. The van der Waals surface area contributed by atoms with Crippen LogP contribution in [0.1, 0.15) is 23.1 Å². The number of carboxylic acids is 1. The van der Waals surface area contributed by atoms with Gasteiger partial charge in [0.05, 0.1) is 23.1 Å². The summed E-state index contributed by atoms with van der Waals surface area (Å²) >= 11 is 0. The lowest BCUT2D eigenvalue weighted by atomic mass is 10.1. The van der Waals surface area contributed by atoms with E-state index in [0.717, 1.165) is 0 Å². The molecule has 3 aromatic rings. The van der Waals surface area contributed by atoms with Crippen molar-refractivity contribution in [1.29, 1.82) is 0 Å². The number of benzene rings is 1. The quantitative estimate of drug-likeness (QED) is 0.690. The van der Waals surface area contributed by atoms with E-state index in [0.29, 0.717) is 22.5 Å². The van der Waals surface area contributed by atoms with Crippen molar-refractivity contribution >= 4 is 11.9 Å². The van der Waals surface area contributed by atoms with Crippen LogP contribution in [0.15, 0.2) is 39.8 Å². The van der Waals surface area contributed by atoms with Crippen LogP contribution in [0.2, 0.25) is 0 Å². The number of nitrogens with one attached hydrogen (secondary N) is 1. The molecule has 0 spiro atoms. The van der Waals surface area contributed by atoms with E-state index in [2.05, 4.69) is 15.6 Å². The molecule has 0 saturated heterocycles. The van der Waals surface area contributed by atoms with Crippen LogP contribution in [-0.4, -0.2) is 36.7 Å². The van der Waals surface area contributed by atoms with E-state index in [1.165, 1.54) is 22.5 Å². The van der Waals surface area contributed by atoms with Gasteiger partial charge in [0.15, 0.2) is 5.69 Å². The van der Waals surface area contributed by atoms with Crippen molar-refractivity contribution in [1.82, 2.24) is 25.1 Å². The molecule has 0 bridgehead atoms. The largest absolute Gasteiger partial charge is 0.476 e. The average molecular weight is 357 g/mol. The summed E-state index contributed by atoms with van der Waals surface area (Å²) in [5, 5.41) is 19.0. The van der Waals surface area contributed by atoms with Gasteiger partial charge in [0.1, 0.15) is 6.67 Å². The number of carbonyl (C=O) groups is 2. The fourth-order valence-electron chi connectivity index (χ4n) is 2.39. The van der Waals surface area contributed by atoms with Crippen LogP contribution in [0.25, 0.3) is 16.8 Å². The maximum Gasteiger partial charge on any atom is 0.365 e. The SMILES string of the molecule is CC(=O)NCn1cc(-c2ccc(-n3nnc(C(=O)O)c3C)cc2)c(=O)o1. The molecule has 2 aromatic heterocycles. The van der Waals surface area contributed by atoms with E-state index in [1.807, 2.05) is 0 Å². The van der Waals surface area contributed by atoms with Crippen molar-refractivity contribution in [2.45, 2.75) is 20.5 Å². The Morgan fingerprint density at radius 2 is 1.96 bits per heavy atom. The van der Waals surface area contributed by atoms with Crippen LogP contribution in [0.4, 0.5) is 0 Å². The zero-order chi connectivity index (χ0) is 18.8. The topological polar surface area (TPSA) is 132 Å². The summed E-state index contributed by atoms with van der Waals surface area (Å²) in [6, 6.07) is 6.75. The van der Waals surface area contributed by atoms with Crippen molar-refractivity contribution in [2.24, 2.45) is 0 Å². The molecular weight excluding hydrogens is 342 g/mol. The molecule has 10 heteroatoms. The van der Waals surface area contributed by atoms with E-state index in [-0.39, 0.29) is 18.3 Å². The molecule has 0 unspecified atom stereocenters. The predicted molar refractivity (Wildman–Crippen MR) is 88.8 cm³/mol. The maximum atomic E-state index is 12.0. The molecule has 3 rings (SSSR count). The van der Waals surface area contributed by atoms with Gasteiger partial charge >= 0.3 is 11.6 Å². The van der Waals surface area contributed by atoms with Gasteiger partial charge in [-0.05, 0) is 24.6 Å². The molecule has 0 saturated carbocycles. The summed E-state index contributed by atoms with van der Waals surface area (Å²) < 4.78 is 7.67. The fraction of sp³-hybridized carbons (Fsp3) is 0.188. The Bertz CT molecular complexity index is 1030. The monoisotopic (exact) mass is 357 g/mol. The Morgan fingerprint density at radius 1 is 1.27 bits per heavy atom. The van der Waals surface area contributed by atoms with Gasteiger partial charge in [-0.25, -0.2) is 14.3 Å². The first kappa shape index (κ1) is 17.1.